The van der Waals surface area contributed by atoms with Crippen molar-refractivity contribution in [1.82, 2.24) is 5.32 Å². The summed E-state index contributed by atoms with van der Waals surface area (Å²) in [5, 5.41) is 5.98. The van der Waals surface area contributed by atoms with E-state index in [1.807, 2.05) is 24.3 Å². The lowest BCUT2D eigenvalue weighted by atomic mass is 9.87. The molecule has 2 saturated carbocycles. The number of hydrogen-bond donors (Lipinski definition) is 2. The summed E-state index contributed by atoms with van der Waals surface area (Å²) >= 11 is 0. The third kappa shape index (κ3) is 3.53. The van der Waals surface area contributed by atoms with Gasteiger partial charge in [-0.3, -0.25) is 9.59 Å². The molecule has 1 unspecified atom stereocenters. The van der Waals surface area contributed by atoms with Crippen molar-refractivity contribution >= 4 is 17.5 Å². The van der Waals surface area contributed by atoms with Gasteiger partial charge < -0.3 is 10.6 Å². The van der Waals surface area contributed by atoms with E-state index >= 15 is 0 Å². The van der Waals surface area contributed by atoms with Crippen molar-refractivity contribution in [2.24, 2.45) is 5.41 Å². The SMILES string of the molecule is CC1(C)CC1(C(=O)Nc1ccc(CC(=O)NC2CC2)cc1)c1ccc(F)cc1. The molecule has 0 bridgehead atoms. The van der Waals surface area contributed by atoms with Crippen molar-refractivity contribution in [2.45, 2.75) is 51.0 Å². The maximum Gasteiger partial charge on any atom is 0.235 e. The van der Waals surface area contributed by atoms with Crippen LogP contribution in [-0.4, -0.2) is 17.9 Å². The van der Waals surface area contributed by atoms with Crippen molar-refractivity contribution in [1.29, 1.82) is 0 Å². The molecule has 0 spiro atoms. The monoisotopic (exact) mass is 380 g/mol. The maximum atomic E-state index is 13.3. The number of halogens is 1. The van der Waals surface area contributed by atoms with E-state index in [9.17, 15) is 14.0 Å². The molecule has 1 atom stereocenters. The lowest BCUT2D eigenvalue weighted by Crippen LogP contribution is -2.32. The van der Waals surface area contributed by atoms with Crippen LogP contribution in [0.1, 0.15) is 44.2 Å². The van der Waals surface area contributed by atoms with E-state index in [-0.39, 0.29) is 23.0 Å². The van der Waals surface area contributed by atoms with Crippen LogP contribution in [0.25, 0.3) is 0 Å². The average Bonchev–Trinajstić information content (AvgIpc) is 3.55. The Morgan fingerprint density at radius 2 is 1.64 bits per heavy atom. The molecule has 0 aromatic heterocycles. The third-order valence-corrected chi connectivity index (χ3v) is 5.98. The van der Waals surface area contributed by atoms with E-state index in [0.29, 0.717) is 18.2 Å². The predicted octanol–water partition coefficient (Wildman–Crippen LogP) is 3.95. The van der Waals surface area contributed by atoms with E-state index in [0.717, 1.165) is 30.4 Å². The number of carbonyl (C=O) groups is 2. The first-order valence-electron chi connectivity index (χ1n) is 9.76. The molecule has 2 aliphatic rings. The van der Waals surface area contributed by atoms with Gasteiger partial charge in [0.2, 0.25) is 11.8 Å². The molecular formula is C23H25FN2O2. The van der Waals surface area contributed by atoms with Crippen LogP contribution in [0, 0.1) is 11.2 Å². The summed E-state index contributed by atoms with van der Waals surface area (Å²) in [5.74, 6) is -0.350. The van der Waals surface area contributed by atoms with Crippen LogP contribution in [-0.2, 0) is 21.4 Å². The average molecular weight is 380 g/mol. The van der Waals surface area contributed by atoms with Crippen LogP contribution in [0.2, 0.25) is 0 Å². The van der Waals surface area contributed by atoms with Gasteiger partial charge in [0.25, 0.3) is 0 Å². The summed E-state index contributed by atoms with van der Waals surface area (Å²) in [7, 11) is 0. The Kier molecular flexibility index (Phi) is 4.48. The predicted molar refractivity (Wildman–Crippen MR) is 106 cm³/mol. The summed E-state index contributed by atoms with van der Waals surface area (Å²) in [6.07, 6.45) is 3.21. The second-order valence-electron chi connectivity index (χ2n) is 8.64. The van der Waals surface area contributed by atoms with E-state index in [4.69, 9.17) is 0 Å². The van der Waals surface area contributed by atoms with Crippen molar-refractivity contribution in [2.75, 3.05) is 5.32 Å². The van der Waals surface area contributed by atoms with Crippen molar-refractivity contribution < 1.29 is 14.0 Å². The van der Waals surface area contributed by atoms with Crippen LogP contribution in [0.15, 0.2) is 48.5 Å². The highest BCUT2D eigenvalue weighted by molar-refractivity contribution is 6.02. The molecule has 4 rings (SSSR count). The molecule has 146 valence electrons. The van der Waals surface area contributed by atoms with Gasteiger partial charge in [0, 0.05) is 11.7 Å². The lowest BCUT2D eigenvalue weighted by Gasteiger charge is -2.21. The summed E-state index contributed by atoms with van der Waals surface area (Å²) in [5.41, 5.74) is 1.61. The number of carbonyl (C=O) groups excluding carboxylic acids is 2. The summed E-state index contributed by atoms with van der Waals surface area (Å²) < 4.78 is 13.3. The number of benzene rings is 2. The molecule has 0 aliphatic heterocycles. The maximum absolute atomic E-state index is 13.3. The van der Waals surface area contributed by atoms with Gasteiger partial charge in [0.15, 0.2) is 0 Å². The van der Waals surface area contributed by atoms with E-state index < -0.39 is 5.41 Å². The van der Waals surface area contributed by atoms with Gasteiger partial charge in [-0.15, -0.1) is 0 Å². The van der Waals surface area contributed by atoms with Gasteiger partial charge in [0.05, 0.1) is 11.8 Å². The quantitative estimate of drug-likeness (QED) is 0.797. The van der Waals surface area contributed by atoms with Gasteiger partial charge in [-0.05, 0) is 60.1 Å². The highest BCUT2D eigenvalue weighted by atomic mass is 19.1. The Morgan fingerprint density at radius 1 is 1.04 bits per heavy atom. The first-order valence-corrected chi connectivity index (χ1v) is 9.76. The summed E-state index contributed by atoms with van der Waals surface area (Å²) in [6.45, 7) is 4.11. The first kappa shape index (κ1) is 18.7. The number of hydrogen-bond acceptors (Lipinski definition) is 2. The number of nitrogens with one attached hydrogen (secondary N) is 2. The van der Waals surface area contributed by atoms with Crippen molar-refractivity contribution in [3.63, 3.8) is 0 Å². The zero-order chi connectivity index (χ0) is 19.9. The zero-order valence-corrected chi connectivity index (χ0v) is 16.2. The van der Waals surface area contributed by atoms with Gasteiger partial charge >= 0.3 is 0 Å². The molecule has 4 nitrogen and oxygen atoms in total. The molecule has 2 aromatic rings. The van der Waals surface area contributed by atoms with Crippen LogP contribution >= 0.6 is 0 Å². The van der Waals surface area contributed by atoms with E-state index in [1.54, 1.807) is 12.1 Å². The molecule has 2 aliphatic carbocycles. The summed E-state index contributed by atoms with van der Waals surface area (Å²) in [4.78, 5) is 25.0. The minimum Gasteiger partial charge on any atom is -0.353 e. The molecule has 2 fully saturated rings. The second kappa shape index (κ2) is 6.73. The minimum atomic E-state index is -0.649. The summed E-state index contributed by atoms with van der Waals surface area (Å²) in [6, 6.07) is 13.9. The Balaban J connectivity index is 1.44. The second-order valence-corrected chi connectivity index (χ2v) is 8.64. The minimum absolute atomic E-state index is 0.0364. The highest BCUT2D eigenvalue weighted by Gasteiger charge is 2.67. The van der Waals surface area contributed by atoms with Crippen LogP contribution in [0.3, 0.4) is 0 Å². The highest BCUT2D eigenvalue weighted by Crippen LogP contribution is 2.64. The molecular weight excluding hydrogens is 355 g/mol. The molecule has 0 radical (unpaired) electrons. The fourth-order valence-corrected chi connectivity index (χ4v) is 4.00. The van der Waals surface area contributed by atoms with Crippen LogP contribution in [0.5, 0.6) is 0 Å². The fraction of sp³-hybridized carbons (Fsp3) is 0.391. The topological polar surface area (TPSA) is 58.2 Å². The smallest absolute Gasteiger partial charge is 0.235 e. The molecule has 0 saturated heterocycles. The first-order chi connectivity index (χ1) is 13.3. The Morgan fingerprint density at radius 3 is 2.18 bits per heavy atom. The Hall–Kier alpha value is -2.69. The molecule has 2 N–H and O–H groups in total. The molecule has 0 heterocycles. The Bertz CT molecular complexity index is 901. The number of anilines is 1. The molecule has 2 aromatic carbocycles. The van der Waals surface area contributed by atoms with Crippen molar-refractivity contribution in [3.05, 3.63) is 65.5 Å². The van der Waals surface area contributed by atoms with E-state index in [1.165, 1.54) is 12.1 Å². The van der Waals surface area contributed by atoms with Gasteiger partial charge in [0.1, 0.15) is 5.82 Å². The molecule has 5 heteroatoms. The van der Waals surface area contributed by atoms with Crippen LogP contribution < -0.4 is 10.6 Å². The van der Waals surface area contributed by atoms with Crippen LogP contribution in [0.4, 0.5) is 10.1 Å². The largest absolute Gasteiger partial charge is 0.353 e. The normalized spacial score (nSPS) is 22.4. The lowest BCUT2D eigenvalue weighted by molar-refractivity contribution is -0.121. The Labute approximate surface area is 164 Å². The molecule has 28 heavy (non-hydrogen) atoms. The van der Waals surface area contributed by atoms with Gasteiger partial charge in [-0.2, -0.15) is 0 Å². The van der Waals surface area contributed by atoms with Crippen molar-refractivity contribution in [3.8, 4) is 0 Å². The number of rotatable bonds is 6. The zero-order valence-electron chi connectivity index (χ0n) is 16.2. The fourth-order valence-electron chi connectivity index (χ4n) is 4.00. The van der Waals surface area contributed by atoms with E-state index in [2.05, 4.69) is 24.5 Å². The van der Waals surface area contributed by atoms with Gasteiger partial charge in [-0.1, -0.05) is 38.1 Å². The number of amides is 2. The molecule has 2 amide bonds. The standard InChI is InChI=1S/C23H25FN2O2/c1-22(2)14-23(22,16-5-7-17(24)8-6-16)21(28)26-19-9-3-15(4-10-19)13-20(27)25-18-11-12-18/h3-10,18H,11-14H2,1-2H3,(H,25,27)(H,26,28). The van der Waals surface area contributed by atoms with Gasteiger partial charge in [-0.25, -0.2) is 4.39 Å². The third-order valence-electron chi connectivity index (χ3n) is 5.98.